The Morgan fingerprint density at radius 3 is 2.74 bits per heavy atom. The summed E-state index contributed by atoms with van der Waals surface area (Å²) in [7, 11) is -3.77. The predicted octanol–water partition coefficient (Wildman–Crippen LogP) is 2.31. The van der Waals surface area contributed by atoms with E-state index in [4.69, 9.17) is 4.74 Å². The van der Waals surface area contributed by atoms with Crippen molar-refractivity contribution in [1.29, 1.82) is 0 Å². The summed E-state index contributed by atoms with van der Waals surface area (Å²) >= 11 is 0. The van der Waals surface area contributed by atoms with Crippen LogP contribution in [0.2, 0.25) is 0 Å². The fourth-order valence-electron chi connectivity index (χ4n) is 2.48. The number of carbonyl (C=O) groups excluding carboxylic acids is 1. The third-order valence-corrected chi connectivity index (χ3v) is 5.10. The first-order chi connectivity index (χ1) is 12.9. The molecule has 3 rings (SSSR count). The van der Waals surface area contributed by atoms with Crippen molar-refractivity contribution in [2.24, 2.45) is 4.99 Å². The summed E-state index contributed by atoms with van der Waals surface area (Å²) in [5.41, 5.74) is 0.305. The number of nitrogens with zero attached hydrogens (tertiary/aromatic N) is 1. The second-order valence-electron chi connectivity index (χ2n) is 5.86. The molecule has 0 radical (unpaired) electrons. The molecule has 7 nitrogen and oxygen atoms in total. The Bertz CT molecular complexity index is 976. The van der Waals surface area contributed by atoms with Crippen molar-refractivity contribution in [2.75, 3.05) is 18.5 Å². The first-order valence-corrected chi connectivity index (χ1v) is 9.75. The highest BCUT2D eigenvalue weighted by Gasteiger charge is 2.18. The number of halogens is 1. The molecule has 0 atom stereocenters. The number of carbonyl (C=O) groups is 1. The number of amides is 1. The van der Waals surface area contributed by atoms with Crippen LogP contribution < -0.4 is 14.8 Å². The van der Waals surface area contributed by atoms with E-state index >= 15 is 0 Å². The second kappa shape index (κ2) is 8.17. The number of ether oxygens (including phenoxy) is 1. The van der Waals surface area contributed by atoms with E-state index in [9.17, 15) is 17.6 Å². The zero-order chi connectivity index (χ0) is 19.3. The van der Waals surface area contributed by atoms with Crippen molar-refractivity contribution in [2.45, 2.75) is 17.7 Å². The zero-order valence-corrected chi connectivity index (χ0v) is 15.1. The number of nitrogens with one attached hydrogen (secondary N) is 2. The average Bonchev–Trinajstić information content (AvgIpc) is 3.13. The molecule has 27 heavy (non-hydrogen) atoms. The van der Waals surface area contributed by atoms with Gasteiger partial charge in [-0.15, -0.1) is 0 Å². The van der Waals surface area contributed by atoms with Gasteiger partial charge in [0.1, 0.15) is 17.4 Å². The van der Waals surface area contributed by atoms with Crippen LogP contribution in [0.15, 0.2) is 58.4 Å². The summed E-state index contributed by atoms with van der Waals surface area (Å²) < 4.78 is 45.6. The van der Waals surface area contributed by atoms with Gasteiger partial charge in [0.25, 0.3) is 15.9 Å². The molecule has 0 aliphatic carbocycles. The molecule has 9 heteroatoms. The van der Waals surface area contributed by atoms with Crippen LogP contribution in [0.4, 0.5) is 10.1 Å². The standard InChI is InChI=1S/C18H18FN3O4S/c19-13-4-1-6-15(10-13)26-12-18(23)21-14-5-2-7-16(11-14)27(24,25)22-17-8-3-9-20-17/h1-2,4-7,10-11H,3,8-9,12H2,(H,20,22)(H,21,23). The Balaban J connectivity index is 1.62. The van der Waals surface area contributed by atoms with Gasteiger partial charge in [0.2, 0.25) is 0 Å². The molecule has 2 aromatic rings. The van der Waals surface area contributed by atoms with E-state index in [2.05, 4.69) is 15.0 Å². The van der Waals surface area contributed by atoms with Crippen LogP contribution in [0.25, 0.3) is 0 Å². The van der Waals surface area contributed by atoms with E-state index in [0.717, 1.165) is 12.5 Å². The van der Waals surface area contributed by atoms with E-state index in [0.29, 0.717) is 24.5 Å². The van der Waals surface area contributed by atoms with Crippen LogP contribution in [0.5, 0.6) is 5.75 Å². The number of rotatable bonds is 6. The van der Waals surface area contributed by atoms with Gasteiger partial charge in [0.15, 0.2) is 6.61 Å². The highest BCUT2D eigenvalue weighted by molar-refractivity contribution is 7.90. The van der Waals surface area contributed by atoms with Crippen molar-refractivity contribution < 1.29 is 22.3 Å². The first kappa shape index (κ1) is 18.8. The number of benzene rings is 2. The van der Waals surface area contributed by atoms with Gasteiger partial charge in [0, 0.05) is 24.7 Å². The molecule has 1 heterocycles. The molecule has 2 N–H and O–H groups in total. The Morgan fingerprint density at radius 1 is 1.19 bits per heavy atom. The molecular weight excluding hydrogens is 373 g/mol. The Labute approximate surface area is 156 Å². The molecule has 0 unspecified atom stereocenters. The summed E-state index contributed by atoms with van der Waals surface area (Å²) in [6, 6.07) is 11.3. The maximum atomic E-state index is 13.1. The molecule has 1 aliphatic heterocycles. The van der Waals surface area contributed by atoms with Crippen molar-refractivity contribution in [3.8, 4) is 5.75 Å². The summed E-state index contributed by atoms with van der Waals surface area (Å²) in [4.78, 5) is 16.1. The molecule has 0 aromatic heterocycles. The number of aliphatic imine (C=N–C) groups is 1. The molecule has 2 aromatic carbocycles. The summed E-state index contributed by atoms with van der Waals surface area (Å²) in [6.45, 7) is 0.273. The Kier molecular flexibility index (Phi) is 5.70. The largest absolute Gasteiger partial charge is 0.484 e. The van der Waals surface area contributed by atoms with E-state index in [1.54, 1.807) is 6.07 Å². The monoisotopic (exact) mass is 391 g/mol. The third-order valence-electron chi connectivity index (χ3n) is 3.72. The van der Waals surface area contributed by atoms with E-state index in [1.165, 1.54) is 36.4 Å². The molecule has 142 valence electrons. The van der Waals surface area contributed by atoms with Gasteiger partial charge in [-0.3, -0.25) is 14.5 Å². The number of hydrogen-bond donors (Lipinski definition) is 2. The Morgan fingerprint density at radius 2 is 2.00 bits per heavy atom. The number of anilines is 1. The summed E-state index contributed by atoms with van der Waals surface area (Å²) in [5, 5.41) is 2.55. The van der Waals surface area contributed by atoms with Gasteiger partial charge in [-0.2, -0.15) is 0 Å². The van der Waals surface area contributed by atoms with Gasteiger partial charge in [0.05, 0.1) is 4.90 Å². The normalized spacial score (nSPS) is 13.7. The number of sulfonamides is 1. The van der Waals surface area contributed by atoms with Gasteiger partial charge < -0.3 is 10.1 Å². The quantitative estimate of drug-likeness (QED) is 0.790. The number of amidine groups is 1. The minimum Gasteiger partial charge on any atom is -0.484 e. The molecule has 0 bridgehead atoms. The van der Waals surface area contributed by atoms with E-state index < -0.39 is 21.7 Å². The van der Waals surface area contributed by atoms with Crippen molar-refractivity contribution >= 4 is 27.5 Å². The zero-order valence-electron chi connectivity index (χ0n) is 14.3. The number of hydrogen-bond acceptors (Lipinski definition) is 5. The van der Waals surface area contributed by atoms with Gasteiger partial charge in [-0.25, -0.2) is 12.8 Å². The maximum absolute atomic E-state index is 13.1. The fraction of sp³-hybridized carbons (Fsp3) is 0.222. The third kappa shape index (κ3) is 5.27. The SMILES string of the molecule is O=C(COc1cccc(F)c1)Nc1cccc(S(=O)(=O)NC2=NCCC2)c1. The Hall–Kier alpha value is -2.94. The molecule has 1 aliphatic rings. The van der Waals surface area contributed by atoms with Gasteiger partial charge >= 0.3 is 0 Å². The van der Waals surface area contributed by atoms with Crippen LogP contribution in [-0.4, -0.2) is 33.3 Å². The van der Waals surface area contributed by atoms with Crippen LogP contribution in [0.1, 0.15) is 12.8 Å². The highest BCUT2D eigenvalue weighted by atomic mass is 32.2. The van der Waals surface area contributed by atoms with E-state index in [1.807, 2.05) is 0 Å². The molecule has 0 saturated heterocycles. The summed E-state index contributed by atoms with van der Waals surface area (Å²) in [6.07, 6.45) is 1.41. The van der Waals surface area contributed by atoms with Crippen molar-refractivity contribution in [3.05, 3.63) is 54.3 Å². The molecule has 0 spiro atoms. The lowest BCUT2D eigenvalue weighted by Crippen LogP contribution is -2.29. The average molecular weight is 391 g/mol. The predicted molar refractivity (Wildman–Crippen MR) is 98.8 cm³/mol. The lowest BCUT2D eigenvalue weighted by molar-refractivity contribution is -0.118. The minimum absolute atomic E-state index is 0.0148. The maximum Gasteiger partial charge on any atom is 0.262 e. The smallest absolute Gasteiger partial charge is 0.262 e. The molecule has 1 amide bonds. The topological polar surface area (TPSA) is 96.9 Å². The van der Waals surface area contributed by atoms with Crippen LogP contribution in [0.3, 0.4) is 0 Å². The lowest BCUT2D eigenvalue weighted by Gasteiger charge is -2.10. The highest BCUT2D eigenvalue weighted by Crippen LogP contribution is 2.17. The minimum atomic E-state index is -3.77. The van der Waals surface area contributed by atoms with Crippen LogP contribution >= 0.6 is 0 Å². The van der Waals surface area contributed by atoms with Crippen molar-refractivity contribution in [1.82, 2.24) is 4.72 Å². The van der Waals surface area contributed by atoms with Gasteiger partial charge in [-0.1, -0.05) is 12.1 Å². The van der Waals surface area contributed by atoms with E-state index in [-0.39, 0.29) is 17.3 Å². The van der Waals surface area contributed by atoms with Crippen molar-refractivity contribution in [3.63, 3.8) is 0 Å². The van der Waals surface area contributed by atoms with Gasteiger partial charge in [-0.05, 0) is 36.8 Å². The second-order valence-corrected chi connectivity index (χ2v) is 7.54. The lowest BCUT2D eigenvalue weighted by atomic mass is 10.3. The molecular formula is C18H18FN3O4S. The summed E-state index contributed by atoms with van der Waals surface area (Å²) in [5.74, 6) is -0.303. The molecule has 0 fully saturated rings. The molecule has 0 saturated carbocycles. The first-order valence-electron chi connectivity index (χ1n) is 8.27. The van der Waals surface area contributed by atoms with Crippen LogP contribution in [-0.2, 0) is 14.8 Å². The fourth-order valence-corrected chi connectivity index (χ4v) is 3.62. The van der Waals surface area contributed by atoms with Crippen LogP contribution in [0, 0.1) is 5.82 Å².